The van der Waals surface area contributed by atoms with Gasteiger partial charge < -0.3 is 10.6 Å². The van der Waals surface area contributed by atoms with Crippen molar-refractivity contribution in [1.82, 2.24) is 25.3 Å². The molecule has 7 heteroatoms. The third kappa shape index (κ3) is 6.70. The van der Waals surface area contributed by atoms with E-state index in [4.69, 9.17) is 0 Å². The quantitative estimate of drug-likeness (QED) is 0.344. The van der Waals surface area contributed by atoms with Gasteiger partial charge in [-0.3, -0.25) is 14.6 Å². The summed E-state index contributed by atoms with van der Waals surface area (Å²) in [4.78, 5) is 6.92. The molecule has 2 heterocycles. The van der Waals surface area contributed by atoms with E-state index in [1.54, 1.807) is 7.05 Å². The van der Waals surface area contributed by atoms with E-state index in [0.29, 0.717) is 0 Å². The second-order valence-electron chi connectivity index (χ2n) is 8.33. The van der Waals surface area contributed by atoms with Gasteiger partial charge in [-0.1, -0.05) is 31.2 Å². The summed E-state index contributed by atoms with van der Waals surface area (Å²) in [6.07, 6.45) is 2.65. The number of aromatic nitrogens is 2. The van der Waals surface area contributed by atoms with E-state index in [1.807, 2.05) is 18.7 Å². The Hall–Kier alpha value is -1.61. The van der Waals surface area contributed by atoms with Crippen molar-refractivity contribution >= 4 is 29.9 Å². The Morgan fingerprint density at radius 1 is 1.07 bits per heavy atom. The van der Waals surface area contributed by atoms with Crippen molar-refractivity contribution in [2.45, 2.75) is 53.2 Å². The number of hydrogen-bond acceptors (Lipinski definition) is 3. The van der Waals surface area contributed by atoms with Gasteiger partial charge in [-0.2, -0.15) is 5.10 Å². The van der Waals surface area contributed by atoms with Crippen molar-refractivity contribution in [3.05, 3.63) is 52.3 Å². The lowest BCUT2D eigenvalue weighted by Crippen LogP contribution is -2.36. The Balaban J connectivity index is 0.00000320. The topological polar surface area (TPSA) is 57.5 Å². The van der Waals surface area contributed by atoms with E-state index in [-0.39, 0.29) is 24.0 Å². The van der Waals surface area contributed by atoms with Crippen LogP contribution in [0.3, 0.4) is 0 Å². The number of piperidine rings is 1. The molecule has 166 valence electrons. The van der Waals surface area contributed by atoms with Crippen LogP contribution < -0.4 is 10.6 Å². The first-order chi connectivity index (χ1) is 14.0. The first-order valence-corrected chi connectivity index (χ1v) is 10.7. The zero-order valence-electron chi connectivity index (χ0n) is 19.0. The smallest absolute Gasteiger partial charge is 0.191 e. The summed E-state index contributed by atoms with van der Waals surface area (Å²) in [7, 11) is 3.79. The zero-order chi connectivity index (χ0) is 20.8. The Bertz CT molecular complexity index is 819. The molecule has 0 aliphatic carbocycles. The summed E-state index contributed by atoms with van der Waals surface area (Å²) in [6.45, 7) is 11.5. The molecule has 0 spiro atoms. The summed E-state index contributed by atoms with van der Waals surface area (Å²) in [5, 5.41) is 11.3. The highest BCUT2D eigenvalue weighted by atomic mass is 127. The Labute approximate surface area is 198 Å². The fraction of sp³-hybridized carbons (Fsp3) is 0.565. The van der Waals surface area contributed by atoms with Crippen LogP contribution in [0.4, 0.5) is 0 Å². The second kappa shape index (κ2) is 11.7. The normalized spacial score (nSPS) is 15.7. The van der Waals surface area contributed by atoms with Gasteiger partial charge in [0, 0.05) is 45.0 Å². The van der Waals surface area contributed by atoms with Crippen LogP contribution in [0.15, 0.2) is 29.3 Å². The van der Waals surface area contributed by atoms with Crippen LogP contribution in [-0.4, -0.2) is 40.8 Å². The van der Waals surface area contributed by atoms with Crippen LogP contribution in [0.25, 0.3) is 0 Å². The van der Waals surface area contributed by atoms with Gasteiger partial charge in [0.25, 0.3) is 0 Å². The lowest BCUT2D eigenvalue weighted by Gasteiger charge is -2.30. The molecule has 0 saturated carbocycles. The summed E-state index contributed by atoms with van der Waals surface area (Å²) < 4.78 is 1.93. The van der Waals surface area contributed by atoms with Crippen molar-refractivity contribution in [3.8, 4) is 0 Å². The molecule has 30 heavy (non-hydrogen) atoms. The number of rotatable bonds is 6. The molecular formula is C23H37IN6. The maximum atomic E-state index is 4.47. The first-order valence-electron chi connectivity index (χ1n) is 10.7. The van der Waals surface area contributed by atoms with Crippen molar-refractivity contribution in [2.75, 3.05) is 20.1 Å². The maximum Gasteiger partial charge on any atom is 0.191 e. The lowest BCUT2D eigenvalue weighted by atomic mass is 9.99. The molecule has 0 atom stereocenters. The number of guanidine groups is 1. The SMILES string of the molecule is CN=C(NCc1ccc(CN2CCC(C)CC2)cc1)NCc1c(C)nn(C)c1C.I. The molecular weight excluding hydrogens is 487 g/mol. The standard InChI is InChI=1S/C23H36N6.HI/c1-17-10-12-29(13-11-17)16-21-8-6-20(7-9-21)14-25-23(24-4)26-15-22-18(2)27-28(5)19(22)3;/h6-9,17H,10-16H2,1-5H3,(H2,24,25,26);1H. The molecule has 1 aliphatic rings. The number of nitrogens with zero attached hydrogens (tertiary/aromatic N) is 4. The minimum absolute atomic E-state index is 0. The molecule has 1 aromatic heterocycles. The van der Waals surface area contributed by atoms with Crippen molar-refractivity contribution in [2.24, 2.45) is 18.0 Å². The monoisotopic (exact) mass is 524 g/mol. The van der Waals surface area contributed by atoms with Gasteiger partial charge >= 0.3 is 0 Å². The molecule has 1 aliphatic heterocycles. The van der Waals surface area contributed by atoms with Gasteiger partial charge in [0.15, 0.2) is 5.96 Å². The second-order valence-corrected chi connectivity index (χ2v) is 8.33. The minimum Gasteiger partial charge on any atom is -0.352 e. The van der Waals surface area contributed by atoms with E-state index >= 15 is 0 Å². The number of halogens is 1. The highest BCUT2D eigenvalue weighted by Gasteiger charge is 2.15. The Morgan fingerprint density at radius 2 is 1.67 bits per heavy atom. The molecule has 0 bridgehead atoms. The van der Waals surface area contributed by atoms with Gasteiger partial charge in [-0.15, -0.1) is 24.0 Å². The first kappa shape index (κ1) is 24.7. The third-order valence-corrected chi connectivity index (χ3v) is 6.08. The van der Waals surface area contributed by atoms with Gasteiger partial charge in [0.05, 0.1) is 5.69 Å². The summed E-state index contributed by atoms with van der Waals surface area (Å²) in [5.41, 5.74) is 6.13. The third-order valence-electron chi connectivity index (χ3n) is 6.08. The van der Waals surface area contributed by atoms with Crippen LogP contribution in [-0.2, 0) is 26.7 Å². The predicted molar refractivity (Wildman–Crippen MR) is 135 cm³/mol. The summed E-state index contributed by atoms with van der Waals surface area (Å²) in [6, 6.07) is 8.95. The number of nitrogens with one attached hydrogen (secondary N) is 2. The molecule has 0 amide bonds. The summed E-state index contributed by atoms with van der Waals surface area (Å²) >= 11 is 0. The van der Waals surface area contributed by atoms with Gasteiger partial charge in [0.1, 0.15) is 0 Å². The predicted octanol–water partition coefficient (Wildman–Crippen LogP) is 3.75. The molecule has 1 fully saturated rings. The van der Waals surface area contributed by atoms with E-state index in [2.05, 4.69) is 63.7 Å². The number of aliphatic imine (C=N–C) groups is 1. The highest BCUT2D eigenvalue weighted by molar-refractivity contribution is 14.0. The molecule has 1 aromatic carbocycles. The Morgan fingerprint density at radius 3 is 2.23 bits per heavy atom. The van der Waals surface area contributed by atoms with Gasteiger partial charge in [-0.05, 0) is 56.8 Å². The fourth-order valence-electron chi connectivity index (χ4n) is 3.89. The average molecular weight is 524 g/mol. The number of likely N-dealkylation sites (tertiary alicyclic amines) is 1. The van der Waals surface area contributed by atoms with Crippen LogP contribution in [0.1, 0.15) is 47.8 Å². The largest absolute Gasteiger partial charge is 0.352 e. The van der Waals surface area contributed by atoms with E-state index in [1.165, 1.54) is 48.3 Å². The van der Waals surface area contributed by atoms with E-state index in [0.717, 1.165) is 37.2 Å². The Kier molecular flexibility index (Phi) is 9.61. The van der Waals surface area contributed by atoms with Crippen molar-refractivity contribution < 1.29 is 0 Å². The molecule has 3 rings (SSSR count). The zero-order valence-corrected chi connectivity index (χ0v) is 21.4. The van der Waals surface area contributed by atoms with E-state index in [9.17, 15) is 0 Å². The average Bonchev–Trinajstić information content (AvgIpc) is 2.96. The number of benzene rings is 1. The highest BCUT2D eigenvalue weighted by Crippen LogP contribution is 2.18. The van der Waals surface area contributed by atoms with Crippen LogP contribution in [0.5, 0.6) is 0 Å². The van der Waals surface area contributed by atoms with Gasteiger partial charge in [0.2, 0.25) is 0 Å². The van der Waals surface area contributed by atoms with Gasteiger partial charge in [-0.25, -0.2) is 0 Å². The molecule has 6 nitrogen and oxygen atoms in total. The maximum absolute atomic E-state index is 4.47. The molecule has 0 unspecified atom stereocenters. The van der Waals surface area contributed by atoms with Crippen molar-refractivity contribution in [3.63, 3.8) is 0 Å². The molecule has 2 N–H and O–H groups in total. The number of aryl methyl sites for hydroxylation is 2. The molecule has 0 radical (unpaired) electrons. The van der Waals surface area contributed by atoms with E-state index < -0.39 is 0 Å². The van der Waals surface area contributed by atoms with Crippen LogP contribution >= 0.6 is 24.0 Å². The number of hydrogen-bond donors (Lipinski definition) is 2. The molecule has 2 aromatic rings. The minimum atomic E-state index is 0. The van der Waals surface area contributed by atoms with Crippen LogP contribution in [0.2, 0.25) is 0 Å². The molecule has 1 saturated heterocycles. The van der Waals surface area contributed by atoms with Crippen molar-refractivity contribution in [1.29, 1.82) is 0 Å². The van der Waals surface area contributed by atoms with Crippen LogP contribution in [0, 0.1) is 19.8 Å². The summed E-state index contributed by atoms with van der Waals surface area (Å²) in [5.74, 6) is 1.69. The lowest BCUT2D eigenvalue weighted by molar-refractivity contribution is 0.185. The fourth-order valence-corrected chi connectivity index (χ4v) is 3.89.